The summed E-state index contributed by atoms with van der Waals surface area (Å²) in [6.07, 6.45) is 0.731. The first-order valence-corrected chi connectivity index (χ1v) is 11.1. The van der Waals surface area contributed by atoms with Crippen LogP contribution in [0.5, 0.6) is 5.75 Å². The van der Waals surface area contributed by atoms with Crippen LogP contribution < -0.4 is 4.74 Å². The van der Waals surface area contributed by atoms with E-state index in [1.807, 2.05) is 55.5 Å². The van der Waals surface area contributed by atoms with Gasteiger partial charge in [-0.3, -0.25) is 9.59 Å². The number of carboxylic acid groups (broad SMARTS) is 1. The summed E-state index contributed by atoms with van der Waals surface area (Å²) < 4.78 is 5.33. The number of pyridine rings is 1. The molecule has 0 spiro atoms. The molecular weight excluding hydrogens is 442 g/mol. The Labute approximate surface area is 196 Å². The molecule has 1 aliphatic heterocycles. The Hall–Kier alpha value is -3.45. The number of carboxylic acids is 1. The van der Waals surface area contributed by atoms with E-state index in [4.69, 9.17) is 21.4 Å². The third kappa shape index (κ3) is 4.98. The highest BCUT2D eigenvalue weighted by atomic mass is 35.5. The van der Waals surface area contributed by atoms with Crippen molar-refractivity contribution >= 4 is 40.1 Å². The SMILES string of the molecule is COc1ccc2nc(Cl)c(C3CC(c4ccc(C)cc4)=NN3C(=O)CCCC(=O)O)cc2c1. The number of fused-ring (bicyclic) bond motifs is 1. The predicted molar refractivity (Wildman–Crippen MR) is 127 cm³/mol. The van der Waals surface area contributed by atoms with Crippen LogP contribution in [0, 0.1) is 6.92 Å². The van der Waals surface area contributed by atoms with Crippen molar-refractivity contribution in [2.75, 3.05) is 7.11 Å². The van der Waals surface area contributed by atoms with Gasteiger partial charge in [0.05, 0.1) is 24.4 Å². The zero-order chi connectivity index (χ0) is 23.5. The number of aromatic nitrogens is 1. The van der Waals surface area contributed by atoms with E-state index in [0.717, 1.165) is 27.7 Å². The maximum absolute atomic E-state index is 13.1. The number of hydrogen-bond acceptors (Lipinski definition) is 5. The van der Waals surface area contributed by atoms with Gasteiger partial charge in [0.1, 0.15) is 10.9 Å². The van der Waals surface area contributed by atoms with Crippen molar-refractivity contribution < 1.29 is 19.4 Å². The van der Waals surface area contributed by atoms with E-state index in [0.29, 0.717) is 22.9 Å². The van der Waals surface area contributed by atoms with Gasteiger partial charge >= 0.3 is 5.97 Å². The molecule has 0 saturated carbocycles. The van der Waals surface area contributed by atoms with E-state index in [1.54, 1.807) is 7.11 Å². The van der Waals surface area contributed by atoms with E-state index < -0.39 is 12.0 Å². The van der Waals surface area contributed by atoms with Gasteiger partial charge < -0.3 is 9.84 Å². The lowest BCUT2D eigenvalue weighted by molar-refractivity contribution is -0.137. The predicted octanol–water partition coefficient (Wildman–Crippen LogP) is 5.14. The molecular formula is C25H24ClN3O4. The summed E-state index contributed by atoms with van der Waals surface area (Å²) in [5.41, 5.74) is 4.24. The highest BCUT2D eigenvalue weighted by Crippen LogP contribution is 2.38. The molecule has 1 atom stereocenters. The topological polar surface area (TPSA) is 92.1 Å². The minimum atomic E-state index is -0.930. The number of hydrogen-bond donors (Lipinski definition) is 1. The number of nitrogens with zero attached hydrogens (tertiary/aromatic N) is 3. The number of ether oxygens (including phenoxy) is 1. The highest BCUT2D eigenvalue weighted by molar-refractivity contribution is 6.30. The number of aryl methyl sites for hydroxylation is 1. The van der Waals surface area contributed by atoms with E-state index in [-0.39, 0.29) is 25.2 Å². The molecule has 0 aliphatic carbocycles. The van der Waals surface area contributed by atoms with Crippen LogP contribution in [0.3, 0.4) is 0 Å². The van der Waals surface area contributed by atoms with Crippen molar-refractivity contribution in [2.45, 2.75) is 38.6 Å². The molecule has 0 bridgehead atoms. The molecule has 3 aromatic rings. The summed E-state index contributed by atoms with van der Waals surface area (Å²) in [5.74, 6) is -0.479. The van der Waals surface area contributed by atoms with E-state index in [9.17, 15) is 9.59 Å². The van der Waals surface area contributed by atoms with Crippen LogP contribution in [0.25, 0.3) is 10.9 Å². The fourth-order valence-electron chi connectivity index (χ4n) is 3.92. The molecule has 2 heterocycles. The number of halogens is 1. The van der Waals surface area contributed by atoms with Crippen molar-refractivity contribution in [3.63, 3.8) is 0 Å². The zero-order valence-corrected chi connectivity index (χ0v) is 19.2. The van der Waals surface area contributed by atoms with Crippen molar-refractivity contribution in [2.24, 2.45) is 5.10 Å². The largest absolute Gasteiger partial charge is 0.497 e. The van der Waals surface area contributed by atoms with Gasteiger partial charge in [0, 0.05) is 30.2 Å². The normalized spacial score (nSPS) is 15.5. The highest BCUT2D eigenvalue weighted by Gasteiger charge is 2.34. The molecule has 2 aromatic carbocycles. The van der Waals surface area contributed by atoms with Gasteiger partial charge in [0.2, 0.25) is 5.91 Å². The molecule has 0 radical (unpaired) electrons. The summed E-state index contributed by atoms with van der Waals surface area (Å²) in [4.78, 5) is 28.5. The Morgan fingerprint density at radius 1 is 1.15 bits per heavy atom. The second kappa shape index (κ2) is 9.58. The molecule has 0 fully saturated rings. The number of rotatable bonds is 7. The maximum Gasteiger partial charge on any atom is 0.303 e. The minimum Gasteiger partial charge on any atom is -0.497 e. The number of hydrazone groups is 1. The monoisotopic (exact) mass is 465 g/mol. The van der Waals surface area contributed by atoms with Gasteiger partial charge in [-0.1, -0.05) is 41.4 Å². The van der Waals surface area contributed by atoms with Gasteiger partial charge in [0.25, 0.3) is 0 Å². The maximum atomic E-state index is 13.1. The van der Waals surface area contributed by atoms with Gasteiger partial charge in [-0.25, -0.2) is 9.99 Å². The third-order valence-electron chi connectivity index (χ3n) is 5.69. The van der Waals surface area contributed by atoms with Crippen molar-refractivity contribution in [1.29, 1.82) is 0 Å². The lowest BCUT2D eigenvalue weighted by Gasteiger charge is -2.23. The van der Waals surface area contributed by atoms with Crippen LogP contribution in [-0.4, -0.2) is 39.8 Å². The van der Waals surface area contributed by atoms with Crippen LogP contribution in [0.1, 0.15) is 48.4 Å². The van der Waals surface area contributed by atoms with Crippen molar-refractivity contribution in [3.05, 3.63) is 70.4 Å². The molecule has 1 amide bonds. The average molecular weight is 466 g/mol. The summed E-state index contributed by atoms with van der Waals surface area (Å²) in [6, 6.07) is 15.0. The number of amides is 1. The van der Waals surface area contributed by atoms with Crippen LogP contribution in [0.15, 0.2) is 53.6 Å². The summed E-state index contributed by atoms with van der Waals surface area (Å²) in [6.45, 7) is 2.01. The van der Waals surface area contributed by atoms with E-state index in [1.165, 1.54) is 5.01 Å². The Balaban J connectivity index is 1.71. The summed E-state index contributed by atoms with van der Waals surface area (Å²) >= 11 is 6.58. The molecule has 33 heavy (non-hydrogen) atoms. The molecule has 8 heteroatoms. The van der Waals surface area contributed by atoms with Gasteiger partial charge in [-0.15, -0.1) is 0 Å². The second-order valence-electron chi connectivity index (χ2n) is 8.05. The standard InChI is InChI=1S/C25H24ClN3O4/c1-15-6-8-16(9-7-15)21-14-22(29(28-21)23(30)4-3-5-24(31)32)19-13-17-12-18(33-2)10-11-20(17)27-25(19)26/h6-13,22H,3-5,14H2,1-2H3,(H,31,32). The molecule has 1 unspecified atom stereocenters. The third-order valence-corrected chi connectivity index (χ3v) is 6.00. The van der Waals surface area contributed by atoms with Crippen LogP contribution in [0.4, 0.5) is 0 Å². The van der Waals surface area contributed by atoms with Gasteiger partial charge in [-0.05, 0) is 43.2 Å². The molecule has 0 saturated heterocycles. The Kier molecular flexibility index (Phi) is 6.60. The first-order chi connectivity index (χ1) is 15.9. The first-order valence-electron chi connectivity index (χ1n) is 10.7. The molecule has 170 valence electrons. The lowest BCUT2D eigenvalue weighted by atomic mass is 9.97. The number of carbonyl (C=O) groups is 2. The average Bonchev–Trinajstić information content (AvgIpc) is 3.23. The van der Waals surface area contributed by atoms with E-state index in [2.05, 4.69) is 10.1 Å². The second-order valence-corrected chi connectivity index (χ2v) is 8.40. The van der Waals surface area contributed by atoms with Crippen LogP contribution in [0.2, 0.25) is 5.15 Å². The van der Waals surface area contributed by atoms with Crippen LogP contribution >= 0.6 is 11.6 Å². The fraction of sp³-hybridized carbons (Fsp3) is 0.280. The van der Waals surface area contributed by atoms with Crippen LogP contribution in [-0.2, 0) is 9.59 Å². The Morgan fingerprint density at radius 2 is 1.91 bits per heavy atom. The Bertz CT molecular complexity index is 1240. The van der Waals surface area contributed by atoms with Crippen molar-refractivity contribution in [1.82, 2.24) is 9.99 Å². The van der Waals surface area contributed by atoms with Gasteiger partial charge in [-0.2, -0.15) is 5.10 Å². The summed E-state index contributed by atoms with van der Waals surface area (Å²) in [5, 5.41) is 16.2. The molecule has 1 N–H and O–H groups in total. The number of carbonyl (C=O) groups excluding carboxylic acids is 1. The first kappa shape index (κ1) is 22.7. The fourth-order valence-corrected chi connectivity index (χ4v) is 4.19. The molecule has 1 aliphatic rings. The molecule has 4 rings (SSSR count). The van der Waals surface area contributed by atoms with Gasteiger partial charge in [0.15, 0.2) is 0 Å². The zero-order valence-electron chi connectivity index (χ0n) is 18.4. The lowest BCUT2D eigenvalue weighted by Crippen LogP contribution is -2.27. The minimum absolute atomic E-state index is 0.0726. The molecule has 1 aromatic heterocycles. The Morgan fingerprint density at radius 3 is 2.61 bits per heavy atom. The van der Waals surface area contributed by atoms with Crippen molar-refractivity contribution in [3.8, 4) is 5.75 Å². The van der Waals surface area contributed by atoms with E-state index >= 15 is 0 Å². The summed E-state index contributed by atoms with van der Waals surface area (Å²) in [7, 11) is 1.60. The number of methoxy groups -OCH3 is 1. The number of benzene rings is 2. The number of aliphatic carboxylic acids is 1. The smallest absolute Gasteiger partial charge is 0.303 e. The quantitative estimate of drug-likeness (QED) is 0.488. The molecule has 7 nitrogen and oxygen atoms in total.